The standard InChI is InChI=1S/C22H19BrN2O2/c1-14-4-3-5-16(12-14)21(26)24-18-8-10-19(11-9-18)25-22(27)17-7-6-15(2)20(23)13-17/h3-13H,1-2H3,(H,24,26)(H,25,27). The molecular formula is C22H19BrN2O2. The van der Waals surface area contributed by atoms with Gasteiger partial charge in [0, 0.05) is 27.0 Å². The second-order valence-electron chi connectivity index (χ2n) is 6.32. The number of benzene rings is 3. The summed E-state index contributed by atoms with van der Waals surface area (Å²) in [6.45, 7) is 3.91. The van der Waals surface area contributed by atoms with Gasteiger partial charge in [0.15, 0.2) is 0 Å². The summed E-state index contributed by atoms with van der Waals surface area (Å²) in [4.78, 5) is 24.6. The van der Waals surface area contributed by atoms with Gasteiger partial charge in [0.1, 0.15) is 0 Å². The number of amides is 2. The monoisotopic (exact) mass is 422 g/mol. The summed E-state index contributed by atoms with van der Waals surface area (Å²) in [7, 11) is 0. The Kier molecular flexibility index (Phi) is 5.72. The van der Waals surface area contributed by atoms with Crippen molar-refractivity contribution in [3.8, 4) is 0 Å². The van der Waals surface area contributed by atoms with E-state index in [1.165, 1.54) is 0 Å². The lowest BCUT2D eigenvalue weighted by Crippen LogP contribution is -2.13. The maximum atomic E-state index is 12.4. The highest BCUT2D eigenvalue weighted by molar-refractivity contribution is 9.10. The highest BCUT2D eigenvalue weighted by Gasteiger charge is 2.09. The number of rotatable bonds is 4. The lowest BCUT2D eigenvalue weighted by Gasteiger charge is -2.09. The molecule has 4 nitrogen and oxygen atoms in total. The molecule has 0 aliphatic heterocycles. The van der Waals surface area contributed by atoms with Crippen molar-refractivity contribution >= 4 is 39.1 Å². The lowest BCUT2D eigenvalue weighted by atomic mass is 10.1. The van der Waals surface area contributed by atoms with Crippen LogP contribution in [0.2, 0.25) is 0 Å². The Morgan fingerprint density at radius 2 is 1.30 bits per heavy atom. The minimum absolute atomic E-state index is 0.167. The van der Waals surface area contributed by atoms with Crippen LogP contribution in [0.25, 0.3) is 0 Å². The first kappa shape index (κ1) is 18.9. The van der Waals surface area contributed by atoms with E-state index in [9.17, 15) is 9.59 Å². The van der Waals surface area contributed by atoms with E-state index in [0.29, 0.717) is 22.5 Å². The molecular weight excluding hydrogens is 404 g/mol. The third-order valence-electron chi connectivity index (χ3n) is 4.11. The summed E-state index contributed by atoms with van der Waals surface area (Å²) in [6.07, 6.45) is 0. The van der Waals surface area contributed by atoms with Crippen molar-refractivity contribution in [2.45, 2.75) is 13.8 Å². The number of nitrogens with one attached hydrogen (secondary N) is 2. The van der Waals surface area contributed by atoms with Crippen molar-refractivity contribution < 1.29 is 9.59 Å². The molecule has 0 aliphatic rings. The third-order valence-corrected chi connectivity index (χ3v) is 4.97. The molecule has 136 valence electrons. The van der Waals surface area contributed by atoms with E-state index in [1.54, 1.807) is 42.5 Å². The Balaban J connectivity index is 1.65. The average Bonchev–Trinajstić information content (AvgIpc) is 2.65. The van der Waals surface area contributed by atoms with Crippen molar-refractivity contribution in [3.05, 3.63) is 93.5 Å². The Morgan fingerprint density at radius 1 is 0.741 bits per heavy atom. The predicted molar refractivity (Wildman–Crippen MR) is 112 cm³/mol. The summed E-state index contributed by atoms with van der Waals surface area (Å²) < 4.78 is 0.893. The number of aryl methyl sites for hydroxylation is 2. The zero-order valence-corrected chi connectivity index (χ0v) is 16.6. The number of halogens is 1. The predicted octanol–water partition coefficient (Wildman–Crippen LogP) is 5.57. The molecule has 0 saturated heterocycles. The lowest BCUT2D eigenvalue weighted by molar-refractivity contribution is 0.101. The summed E-state index contributed by atoms with van der Waals surface area (Å²) >= 11 is 3.44. The summed E-state index contributed by atoms with van der Waals surface area (Å²) in [5.41, 5.74) is 4.60. The van der Waals surface area contributed by atoms with Crippen LogP contribution in [0.1, 0.15) is 31.8 Å². The Labute approximate surface area is 166 Å². The van der Waals surface area contributed by atoms with Crippen LogP contribution in [0.5, 0.6) is 0 Å². The number of carbonyl (C=O) groups is 2. The van der Waals surface area contributed by atoms with Gasteiger partial charge in [0.05, 0.1) is 0 Å². The van der Waals surface area contributed by atoms with Gasteiger partial charge in [-0.2, -0.15) is 0 Å². The Bertz CT molecular complexity index is 997. The quantitative estimate of drug-likeness (QED) is 0.577. The van der Waals surface area contributed by atoms with Crippen LogP contribution in [0.3, 0.4) is 0 Å². The minimum Gasteiger partial charge on any atom is -0.322 e. The molecule has 2 N–H and O–H groups in total. The first-order valence-electron chi connectivity index (χ1n) is 8.48. The fourth-order valence-electron chi connectivity index (χ4n) is 2.56. The molecule has 0 bridgehead atoms. The van der Waals surface area contributed by atoms with Crippen molar-refractivity contribution in [3.63, 3.8) is 0 Å². The van der Waals surface area contributed by atoms with Crippen molar-refractivity contribution in [2.75, 3.05) is 10.6 Å². The zero-order chi connectivity index (χ0) is 19.4. The third kappa shape index (κ3) is 4.83. The molecule has 3 aromatic carbocycles. The van der Waals surface area contributed by atoms with E-state index < -0.39 is 0 Å². The fraction of sp³-hybridized carbons (Fsp3) is 0.0909. The molecule has 0 heterocycles. The molecule has 0 aromatic heterocycles. The Hall–Kier alpha value is -2.92. The fourth-order valence-corrected chi connectivity index (χ4v) is 2.94. The molecule has 3 rings (SSSR count). The van der Waals surface area contributed by atoms with E-state index in [1.807, 2.05) is 38.1 Å². The molecule has 3 aromatic rings. The van der Waals surface area contributed by atoms with Gasteiger partial charge >= 0.3 is 0 Å². The second-order valence-corrected chi connectivity index (χ2v) is 7.17. The van der Waals surface area contributed by atoms with Crippen LogP contribution in [0, 0.1) is 13.8 Å². The van der Waals surface area contributed by atoms with Gasteiger partial charge in [0.2, 0.25) is 0 Å². The number of carbonyl (C=O) groups excluding carboxylic acids is 2. The maximum absolute atomic E-state index is 12.4. The molecule has 5 heteroatoms. The molecule has 0 saturated carbocycles. The average molecular weight is 423 g/mol. The number of anilines is 2. The van der Waals surface area contributed by atoms with Gasteiger partial charge in [-0.25, -0.2) is 0 Å². The van der Waals surface area contributed by atoms with Crippen LogP contribution < -0.4 is 10.6 Å². The first-order chi connectivity index (χ1) is 12.9. The highest BCUT2D eigenvalue weighted by atomic mass is 79.9. The Morgan fingerprint density at radius 3 is 1.81 bits per heavy atom. The van der Waals surface area contributed by atoms with Crippen molar-refractivity contribution in [1.82, 2.24) is 0 Å². The van der Waals surface area contributed by atoms with Gasteiger partial charge in [0.25, 0.3) is 11.8 Å². The topological polar surface area (TPSA) is 58.2 Å². The van der Waals surface area contributed by atoms with Gasteiger partial charge in [-0.15, -0.1) is 0 Å². The largest absolute Gasteiger partial charge is 0.322 e. The molecule has 0 spiro atoms. The van der Waals surface area contributed by atoms with E-state index in [2.05, 4.69) is 26.6 Å². The SMILES string of the molecule is Cc1cccc(C(=O)Nc2ccc(NC(=O)c3ccc(C)c(Br)c3)cc2)c1. The number of hydrogen-bond donors (Lipinski definition) is 2. The molecule has 2 amide bonds. The van der Waals surface area contributed by atoms with Crippen LogP contribution in [-0.2, 0) is 0 Å². The van der Waals surface area contributed by atoms with Crippen molar-refractivity contribution in [1.29, 1.82) is 0 Å². The summed E-state index contributed by atoms with van der Waals surface area (Å²) in [5, 5.41) is 5.71. The molecule has 0 atom stereocenters. The summed E-state index contributed by atoms with van der Waals surface area (Å²) in [5.74, 6) is -0.354. The molecule has 0 radical (unpaired) electrons. The van der Waals surface area contributed by atoms with Gasteiger partial charge < -0.3 is 10.6 Å². The normalized spacial score (nSPS) is 10.3. The van der Waals surface area contributed by atoms with Gasteiger partial charge in [-0.1, -0.05) is 39.7 Å². The van der Waals surface area contributed by atoms with Crippen LogP contribution >= 0.6 is 15.9 Å². The van der Waals surface area contributed by atoms with E-state index in [4.69, 9.17) is 0 Å². The minimum atomic E-state index is -0.188. The van der Waals surface area contributed by atoms with E-state index >= 15 is 0 Å². The number of hydrogen-bond acceptors (Lipinski definition) is 2. The molecule has 0 unspecified atom stereocenters. The molecule has 0 fully saturated rings. The smallest absolute Gasteiger partial charge is 0.255 e. The molecule has 0 aliphatic carbocycles. The molecule has 27 heavy (non-hydrogen) atoms. The van der Waals surface area contributed by atoms with E-state index in [0.717, 1.165) is 15.6 Å². The van der Waals surface area contributed by atoms with Crippen LogP contribution in [0.15, 0.2) is 71.2 Å². The second kappa shape index (κ2) is 8.18. The maximum Gasteiger partial charge on any atom is 0.255 e. The zero-order valence-electron chi connectivity index (χ0n) is 15.0. The van der Waals surface area contributed by atoms with E-state index in [-0.39, 0.29) is 11.8 Å². The van der Waals surface area contributed by atoms with Crippen molar-refractivity contribution in [2.24, 2.45) is 0 Å². The summed E-state index contributed by atoms with van der Waals surface area (Å²) in [6, 6.07) is 19.9. The highest BCUT2D eigenvalue weighted by Crippen LogP contribution is 2.20. The van der Waals surface area contributed by atoms with Crippen LogP contribution in [0.4, 0.5) is 11.4 Å². The van der Waals surface area contributed by atoms with Crippen LogP contribution in [-0.4, -0.2) is 11.8 Å². The van der Waals surface area contributed by atoms with Gasteiger partial charge in [-0.3, -0.25) is 9.59 Å². The first-order valence-corrected chi connectivity index (χ1v) is 9.27. The van der Waals surface area contributed by atoms with Gasteiger partial charge in [-0.05, 0) is 67.9 Å².